The molecule has 88 heavy (non-hydrogen) atoms. The molecule has 0 spiro atoms. The van der Waals surface area contributed by atoms with Crippen LogP contribution in [0.25, 0.3) is 22.2 Å². The molecule has 22 aliphatic heterocycles. The molecule has 0 aliphatic carbocycles. The molecule has 12 bridgehead atoms. The second-order valence-corrected chi connectivity index (χ2v) is 22.2. The van der Waals surface area contributed by atoms with Crippen molar-refractivity contribution >= 4 is 28.1 Å². The number of aromatic nitrogens is 4. The lowest BCUT2D eigenvalue weighted by Gasteiger charge is -2.50. The number of aliphatic hydroxyl groups is 17. The molecule has 1 aromatic carbocycles. The molecule has 0 unspecified atom stereocenters. The molecule has 2 aromatic heterocycles. The number of hydrogen-bond acceptors (Lipinski definition) is 33. The number of nitrogens with zero attached hydrogens (tertiary/aromatic N) is 4. The monoisotopic (exact) mass is 1270 g/mol. The highest BCUT2D eigenvalue weighted by atomic mass is 16.8. The summed E-state index contributed by atoms with van der Waals surface area (Å²) in [5.41, 5.74) is -0.985. The van der Waals surface area contributed by atoms with E-state index in [2.05, 4.69) is 10.3 Å². The first kappa shape index (κ1) is 66.7. The van der Waals surface area contributed by atoms with E-state index in [4.69, 9.17) is 56.8 Å². The Kier molecular flexibility index (Phi) is 20.9. The van der Waals surface area contributed by atoms with Gasteiger partial charge in [-0.05, 0) is 13.0 Å². The van der Waals surface area contributed by atoms with Gasteiger partial charge in [0, 0.05) is 19.7 Å². The van der Waals surface area contributed by atoms with Crippen LogP contribution in [0.1, 0.15) is 6.92 Å². The number of ether oxygens (including phenoxy) is 12. The molecule has 0 saturated carbocycles. The summed E-state index contributed by atoms with van der Waals surface area (Å²) < 4.78 is 73.1. The predicted octanol–water partition coefficient (Wildman–Crippen LogP) is -13.4. The average Bonchev–Trinajstić information content (AvgIpc) is 0.983. The van der Waals surface area contributed by atoms with Gasteiger partial charge in [0.05, 0.1) is 33.0 Å². The van der Waals surface area contributed by atoms with E-state index in [0.717, 1.165) is 9.13 Å². The van der Waals surface area contributed by atoms with E-state index in [9.17, 15) is 101 Å². The summed E-state index contributed by atoms with van der Waals surface area (Å²) in [6.45, 7) is -4.92. The lowest BCUT2D eigenvalue weighted by molar-refractivity contribution is -0.642. The molecule has 3 aromatic rings. The van der Waals surface area contributed by atoms with E-state index in [-0.39, 0.29) is 17.7 Å². The minimum atomic E-state index is -2.30. The highest BCUT2D eigenvalue weighted by Gasteiger charge is 2.59. The fourth-order valence-corrected chi connectivity index (χ4v) is 11.9. The van der Waals surface area contributed by atoms with Crippen LogP contribution < -0.4 is 21.1 Å². The van der Waals surface area contributed by atoms with Gasteiger partial charge in [-0.3, -0.25) is 18.7 Å². The first-order chi connectivity index (χ1) is 42.0. The van der Waals surface area contributed by atoms with Gasteiger partial charge in [0.15, 0.2) is 37.7 Å². The third-order valence-electron chi connectivity index (χ3n) is 16.8. The fourth-order valence-electron chi connectivity index (χ4n) is 11.9. The number of para-hydroxylation sites is 2. The Morgan fingerprint density at radius 2 is 0.784 bits per heavy atom. The quantitative estimate of drug-likeness (QED) is 0.0662. The van der Waals surface area contributed by atoms with Crippen LogP contribution in [0.2, 0.25) is 0 Å². The molecule has 0 radical (unpaired) electrons. The van der Waals surface area contributed by atoms with Gasteiger partial charge in [0.25, 0.3) is 0 Å². The smallest absolute Gasteiger partial charge is 0.333 e. The topological polar surface area (TPSA) is 545 Å². The van der Waals surface area contributed by atoms with Crippen LogP contribution in [0.3, 0.4) is 0 Å². The summed E-state index contributed by atoms with van der Waals surface area (Å²) in [5.74, 6) is -0.975. The van der Waals surface area contributed by atoms with Gasteiger partial charge < -0.3 is 149 Å². The normalized spacial score (nSPS) is 44.5. The van der Waals surface area contributed by atoms with Crippen molar-refractivity contribution in [3.63, 3.8) is 0 Å². The molecule has 30 atom stereocenters. The van der Waals surface area contributed by atoms with E-state index in [0.29, 0.717) is 11.0 Å². The number of rotatable bonds is 10. The van der Waals surface area contributed by atoms with Gasteiger partial charge >= 0.3 is 16.8 Å². The van der Waals surface area contributed by atoms with Gasteiger partial charge in [-0.25, -0.2) is 9.78 Å². The van der Waals surface area contributed by atoms with Gasteiger partial charge in [-0.15, -0.1) is 0 Å². The number of aryl methyl sites for hydroxylation is 1. The second kappa shape index (κ2) is 27.6. The number of benzene rings is 1. The molecule has 1 amide bonds. The number of nitrogens with one attached hydrogen (secondary N) is 1. The maximum atomic E-state index is 14.1. The minimum absolute atomic E-state index is 0.0301. The lowest BCUT2D eigenvalue weighted by Crippen LogP contribution is -2.69. The summed E-state index contributed by atoms with van der Waals surface area (Å²) >= 11 is 0. The van der Waals surface area contributed by atoms with E-state index in [1.807, 2.05) is 0 Å². The highest BCUT2D eigenvalue weighted by molar-refractivity contribution is 5.81. The van der Waals surface area contributed by atoms with Crippen molar-refractivity contribution in [2.75, 3.05) is 39.6 Å². The molecule has 25 rings (SSSR count). The van der Waals surface area contributed by atoms with Crippen molar-refractivity contribution in [1.29, 1.82) is 0 Å². The zero-order chi connectivity index (χ0) is 63.5. The number of aliphatic hydroxyl groups excluding tert-OH is 17. The maximum Gasteiger partial charge on any atom is 0.333 e. The zero-order valence-electron chi connectivity index (χ0n) is 46.8. The Morgan fingerprint density at radius 1 is 0.477 bits per heavy atom. The average molecular weight is 1270 g/mol. The number of hydrogen-bond donors (Lipinski definition) is 18. The first-order valence-corrected chi connectivity index (χ1v) is 28.3. The molecular formula is C51H74N5O32+. The summed E-state index contributed by atoms with van der Waals surface area (Å²) in [4.78, 5) is 46.1. The van der Waals surface area contributed by atoms with Crippen molar-refractivity contribution in [2.45, 2.75) is 204 Å². The van der Waals surface area contributed by atoms with Gasteiger partial charge in [-0.2, -0.15) is 4.57 Å². The Hall–Kier alpha value is -4.19. The van der Waals surface area contributed by atoms with Crippen LogP contribution in [0, 0.1) is 0 Å². The van der Waals surface area contributed by atoms with Crippen LogP contribution in [-0.2, 0) is 81.8 Å². The van der Waals surface area contributed by atoms with Crippen molar-refractivity contribution in [3.05, 3.63) is 45.1 Å². The third kappa shape index (κ3) is 12.4. The first-order valence-electron chi connectivity index (χ1n) is 28.3. The molecular weight excluding hydrogens is 1190 g/mol. The van der Waals surface area contributed by atoms with E-state index < -0.39 is 248 Å². The Morgan fingerprint density at radius 3 is 1.10 bits per heavy atom. The molecule has 37 nitrogen and oxygen atoms in total. The summed E-state index contributed by atoms with van der Waals surface area (Å²) in [6, 6.07) is 6.72. The van der Waals surface area contributed by atoms with E-state index >= 15 is 0 Å². The Balaban J connectivity index is 0.967. The van der Waals surface area contributed by atoms with E-state index in [1.165, 1.54) is 7.05 Å². The molecule has 24 heterocycles. The summed E-state index contributed by atoms with van der Waals surface area (Å²) in [6.07, 6.45) is -61.4. The van der Waals surface area contributed by atoms with E-state index in [1.54, 1.807) is 35.8 Å². The SMILES string of the molecule is CC[n+]1c2ccccc2nc2c1c(=O)n(C)c(=O)n2CC(=O)NC[C@H]1O[C@@H]2O[C@H]3[C@H](O)[C@@H](O)[C@@H](O[C@H]4[C@H](O)[C@@H](O)[C@@H](O[C@H]5[C@H](O)[C@@H](O)[C@@H](O[C@H]6[C@H](O)[C@@H](O)[C@@H](O[C@H]7[C@H](O)[C@@H](O)[C@@H](O[C@H]1[C@H](O)[C@H]2O)O[C@@H]7CO)O[C@@H]6CO)O[C@@H]5CO)O[C@@H]4CO)O[C@@H]3CO. The maximum absolute atomic E-state index is 14.1. The molecule has 22 aliphatic rings. The largest absolute Gasteiger partial charge is 0.394 e. The van der Waals surface area contributed by atoms with Crippen molar-refractivity contribution in [2.24, 2.45) is 7.05 Å². The van der Waals surface area contributed by atoms with Crippen LogP contribution >= 0.6 is 0 Å². The Labute approximate surface area is 495 Å². The zero-order valence-corrected chi connectivity index (χ0v) is 46.8. The third-order valence-corrected chi connectivity index (χ3v) is 16.8. The molecule has 22 saturated heterocycles. The predicted molar refractivity (Wildman–Crippen MR) is 276 cm³/mol. The van der Waals surface area contributed by atoms with Crippen molar-refractivity contribution in [3.8, 4) is 0 Å². The van der Waals surface area contributed by atoms with Gasteiger partial charge in [0.2, 0.25) is 17.1 Å². The fraction of sp³-hybridized carbons (Fsp3) is 0.784. The van der Waals surface area contributed by atoms with Crippen LogP contribution in [0.4, 0.5) is 0 Å². The van der Waals surface area contributed by atoms with Gasteiger partial charge in [0.1, 0.15) is 165 Å². The molecule has 494 valence electrons. The molecule has 18 N–H and O–H groups in total. The van der Waals surface area contributed by atoms with Crippen LogP contribution in [0.15, 0.2) is 33.9 Å². The summed E-state index contributed by atoms with van der Waals surface area (Å²) in [7, 11) is 1.19. The van der Waals surface area contributed by atoms with Gasteiger partial charge in [-0.1, -0.05) is 12.1 Å². The number of carbonyl (C=O) groups excluding carboxylic acids is 1. The van der Waals surface area contributed by atoms with Crippen molar-refractivity contribution in [1.82, 2.24) is 19.4 Å². The second-order valence-electron chi connectivity index (χ2n) is 22.2. The standard InChI is InChI=1S/C51H73N5O32/c1-3-55-16-7-5-4-6-15(16)53-43-24(55)44(75)54(2)51(76)56(43)9-23(62)52-8-17-37-25(63)31(69)45(77-17)84-38-18(10-57)79-47(33(71)27(38)65)86-40-20(12-59)81-49(35(73)29(40)67)88-42-22(14-61)82-50(36(74)30(42)68)87-41-21(13-60)80-48(34(72)28(41)66)85-39-19(11-58)78-46(83-37)32(70)26(39)64/h4-7,17-22,25-42,45-50,57-61,63-74H,3,8-14H2,1-2H3/p+1/t17-,18-,19-,20-,21-,22-,25-,26-,27-,28-,29-,30-,31-,32-,33-,34-,35-,36-,37-,38-,39-,40-,41-,42-,45-,46-,47-,48-,49-,50-/m1/s1. The van der Waals surface area contributed by atoms with Crippen molar-refractivity contribution < 1.29 is 153 Å². The number of carbonyl (C=O) groups is 1. The highest BCUT2D eigenvalue weighted by Crippen LogP contribution is 2.38. The summed E-state index contributed by atoms with van der Waals surface area (Å²) in [5, 5.41) is 193. The molecule has 37 heteroatoms. The molecule has 22 fully saturated rings. The number of amides is 1. The minimum Gasteiger partial charge on any atom is -0.394 e. The number of fused-ring (bicyclic) bond motifs is 2. The Bertz CT molecular complexity index is 2990. The van der Waals surface area contributed by atoms with Crippen LogP contribution in [-0.4, -0.2) is 331 Å². The van der Waals surface area contributed by atoms with Crippen LogP contribution in [0.5, 0.6) is 0 Å². The lowest BCUT2D eigenvalue weighted by atomic mass is 9.94.